The van der Waals surface area contributed by atoms with Crippen molar-refractivity contribution in [2.24, 2.45) is 0 Å². The van der Waals surface area contributed by atoms with E-state index in [0.717, 1.165) is 6.42 Å². The molecule has 0 rings (SSSR count). The van der Waals surface area contributed by atoms with Crippen LogP contribution in [0, 0.1) is 0 Å². The zero-order valence-corrected chi connectivity index (χ0v) is 12.6. The lowest BCUT2D eigenvalue weighted by Gasteiger charge is -2.16. The van der Waals surface area contributed by atoms with E-state index in [9.17, 15) is 0 Å². The van der Waals surface area contributed by atoms with Crippen molar-refractivity contribution in [1.29, 1.82) is 0 Å². The van der Waals surface area contributed by atoms with Crippen LogP contribution in [0.25, 0.3) is 0 Å². The first-order valence-corrected chi connectivity index (χ1v) is 10.1. The SMILES string of the molecule is CC(C)(Br)COCCC[Si](Cl)(Cl)Cl. The first kappa shape index (κ1) is 14.5. The summed E-state index contributed by atoms with van der Waals surface area (Å²) in [6.07, 6.45) is 0.825. The third kappa shape index (κ3) is 13.5. The van der Waals surface area contributed by atoms with Crippen molar-refractivity contribution in [3.8, 4) is 0 Å². The second-order valence-electron chi connectivity index (χ2n) is 3.49. The van der Waals surface area contributed by atoms with Gasteiger partial charge in [-0.05, 0) is 26.3 Å². The number of hydrogen-bond acceptors (Lipinski definition) is 1. The predicted octanol–water partition coefficient (Wildman–Crippen LogP) is 4.22. The Balaban J connectivity index is 3.28. The summed E-state index contributed by atoms with van der Waals surface area (Å²) in [5.74, 6) is 0. The second kappa shape index (κ2) is 6.18. The molecule has 0 atom stereocenters. The molecule has 1 nitrogen and oxygen atoms in total. The average Bonchev–Trinajstić information content (AvgIpc) is 1.81. The zero-order chi connectivity index (χ0) is 10.5. The van der Waals surface area contributed by atoms with E-state index in [0.29, 0.717) is 19.3 Å². The summed E-state index contributed by atoms with van der Waals surface area (Å²) in [7, 11) is 0. The van der Waals surface area contributed by atoms with Crippen LogP contribution in [0.1, 0.15) is 20.3 Å². The smallest absolute Gasteiger partial charge is 0.341 e. The maximum absolute atomic E-state index is 5.71. The van der Waals surface area contributed by atoms with Crippen LogP contribution in [-0.2, 0) is 4.74 Å². The van der Waals surface area contributed by atoms with Crippen LogP contribution in [0.2, 0.25) is 6.04 Å². The van der Waals surface area contributed by atoms with Crippen molar-refractivity contribution in [2.45, 2.75) is 30.6 Å². The van der Waals surface area contributed by atoms with Crippen LogP contribution in [0.15, 0.2) is 0 Å². The van der Waals surface area contributed by atoms with E-state index in [1.165, 1.54) is 0 Å². The fourth-order valence-electron chi connectivity index (χ4n) is 0.690. The van der Waals surface area contributed by atoms with Gasteiger partial charge in [0, 0.05) is 10.9 Å². The Morgan fingerprint density at radius 3 is 2.23 bits per heavy atom. The summed E-state index contributed by atoms with van der Waals surface area (Å²) in [6.45, 7) is 5.44. The minimum absolute atomic E-state index is 0.0322. The van der Waals surface area contributed by atoms with Crippen LogP contribution >= 0.6 is 49.2 Å². The Kier molecular flexibility index (Phi) is 6.91. The molecule has 80 valence electrons. The highest BCUT2D eigenvalue weighted by molar-refractivity contribution is 9.10. The number of rotatable bonds is 6. The molecule has 0 fully saturated rings. The minimum atomic E-state index is -2.43. The van der Waals surface area contributed by atoms with Crippen molar-refractivity contribution >= 4 is 55.2 Å². The maximum Gasteiger partial charge on any atom is 0.341 e. The van der Waals surface area contributed by atoms with E-state index < -0.39 is 6.00 Å². The summed E-state index contributed by atoms with van der Waals surface area (Å²) in [5, 5.41) is 0. The molecule has 0 aromatic rings. The molecule has 0 aliphatic heterocycles. The van der Waals surface area contributed by atoms with Gasteiger partial charge in [0.15, 0.2) is 0 Å². The molecule has 0 aromatic carbocycles. The number of alkyl halides is 1. The topological polar surface area (TPSA) is 9.23 Å². The fraction of sp³-hybridized carbons (Fsp3) is 1.00. The first-order chi connectivity index (χ1) is 5.71. The average molecular weight is 329 g/mol. The van der Waals surface area contributed by atoms with Gasteiger partial charge in [0.1, 0.15) is 0 Å². The summed E-state index contributed by atoms with van der Waals surface area (Å²) in [5.41, 5.74) is 0. The zero-order valence-electron chi connectivity index (χ0n) is 7.75. The van der Waals surface area contributed by atoms with Gasteiger partial charge in [-0.3, -0.25) is 0 Å². The molecule has 0 aliphatic carbocycles. The number of halogens is 4. The van der Waals surface area contributed by atoms with Gasteiger partial charge in [0.05, 0.1) is 6.61 Å². The van der Waals surface area contributed by atoms with Gasteiger partial charge >= 0.3 is 6.00 Å². The molecule has 0 saturated heterocycles. The van der Waals surface area contributed by atoms with E-state index in [-0.39, 0.29) is 4.32 Å². The lowest BCUT2D eigenvalue weighted by Crippen LogP contribution is -2.19. The largest absolute Gasteiger partial charge is 0.380 e. The fourth-order valence-corrected chi connectivity index (χ4v) is 2.60. The van der Waals surface area contributed by atoms with Gasteiger partial charge in [-0.2, -0.15) is 0 Å². The normalized spacial score (nSPS) is 13.4. The van der Waals surface area contributed by atoms with E-state index in [2.05, 4.69) is 29.8 Å². The first-order valence-electron chi connectivity index (χ1n) is 4.04. The summed E-state index contributed by atoms with van der Waals surface area (Å²) in [6, 6.07) is -1.76. The molecular weight excluding hydrogens is 314 g/mol. The Morgan fingerprint density at radius 2 is 1.85 bits per heavy atom. The molecule has 0 amide bonds. The molecule has 0 radical (unpaired) electrons. The molecule has 0 heterocycles. The molecule has 13 heavy (non-hydrogen) atoms. The monoisotopic (exact) mass is 326 g/mol. The highest BCUT2D eigenvalue weighted by Gasteiger charge is 2.23. The summed E-state index contributed by atoms with van der Waals surface area (Å²) in [4.78, 5) is 0. The van der Waals surface area contributed by atoms with E-state index in [1.807, 2.05) is 0 Å². The molecule has 0 saturated carbocycles. The van der Waals surface area contributed by atoms with Gasteiger partial charge in [0.2, 0.25) is 0 Å². The van der Waals surface area contributed by atoms with Gasteiger partial charge in [0.25, 0.3) is 0 Å². The highest BCUT2D eigenvalue weighted by Crippen LogP contribution is 2.26. The van der Waals surface area contributed by atoms with Crippen LogP contribution in [-0.4, -0.2) is 23.5 Å². The van der Waals surface area contributed by atoms with Gasteiger partial charge < -0.3 is 4.74 Å². The van der Waals surface area contributed by atoms with Crippen molar-refractivity contribution in [3.63, 3.8) is 0 Å². The van der Waals surface area contributed by atoms with Gasteiger partial charge in [-0.1, -0.05) is 15.9 Å². The Bertz CT molecular complexity index is 128. The van der Waals surface area contributed by atoms with E-state index in [4.69, 9.17) is 38.0 Å². The molecule has 0 unspecified atom stereocenters. The lowest BCUT2D eigenvalue weighted by atomic mass is 10.2. The Labute approximate surface area is 103 Å². The molecule has 0 bridgehead atoms. The van der Waals surface area contributed by atoms with Gasteiger partial charge in [-0.15, -0.1) is 33.2 Å². The van der Waals surface area contributed by atoms with Crippen molar-refractivity contribution in [1.82, 2.24) is 0 Å². The summed E-state index contributed by atoms with van der Waals surface area (Å²) < 4.78 is 5.43. The Morgan fingerprint density at radius 1 is 1.31 bits per heavy atom. The lowest BCUT2D eigenvalue weighted by molar-refractivity contribution is 0.122. The highest BCUT2D eigenvalue weighted by atomic mass is 79.9. The molecular formula is C7H14BrCl3OSi. The number of ether oxygens (including phenoxy) is 1. The van der Waals surface area contributed by atoms with Crippen LogP contribution in [0.4, 0.5) is 0 Å². The third-order valence-corrected chi connectivity index (χ3v) is 4.04. The molecule has 0 spiro atoms. The summed E-state index contributed by atoms with van der Waals surface area (Å²) >= 11 is 20.6. The molecule has 0 aromatic heterocycles. The van der Waals surface area contributed by atoms with Gasteiger partial charge in [-0.25, -0.2) is 0 Å². The molecule has 0 N–H and O–H groups in total. The standard InChI is InChI=1S/C7H14BrCl3OSi/c1-7(2,8)6-12-4-3-5-13(9,10)11/h3-6H2,1-2H3. The van der Waals surface area contributed by atoms with Crippen LogP contribution in [0.3, 0.4) is 0 Å². The third-order valence-electron chi connectivity index (χ3n) is 1.19. The van der Waals surface area contributed by atoms with Crippen molar-refractivity contribution in [3.05, 3.63) is 0 Å². The van der Waals surface area contributed by atoms with Crippen LogP contribution in [0.5, 0.6) is 0 Å². The maximum atomic E-state index is 5.71. The second-order valence-corrected chi connectivity index (χ2v) is 14.9. The number of hydrogen-bond donors (Lipinski definition) is 0. The minimum Gasteiger partial charge on any atom is -0.380 e. The quantitative estimate of drug-likeness (QED) is 0.307. The van der Waals surface area contributed by atoms with E-state index in [1.54, 1.807) is 0 Å². The van der Waals surface area contributed by atoms with Crippen molar-refractivity contribution < 1.29 is 4.74 Å². The Hall–Kier alpha value is 1.53. The molecule has 0 aliphatic rings. The molecule has 6 heteroatoms. The predicted molar refractivity (Wildman–Crippen MR) is 66.6 cm³/mol. The van der Waals surface area contributed by atoms with Crippen molar-refractivity contribution in [2.75, 3.05) is 13.2 Å². The van der Waals surface area contributed by atoms with E-state index >= 15 is 0 Å². The van der Waals surface area contributed by atoms with Crippen LogP contribution < -0.4 is 0 Å².